The molecule has 4 aromatic rings. The molecule has 0 radical (unpaired) electrons. The molecule has 4 rings (SSSR count). The average Bonchev–Trinajstić information content (AvgIpc) is 2.74. The van der Waals surface area contributed by atoms with E-state index in [9.17, 15) is 4.79 Å². The van der Waals surface area contributed by atoms with Gasteiger partial charge in [-0.1, -0.05) is 52.3 Å². The minimum atomic E-state index is -0.227. The molecule has 28 heavy (non-hydrogen) atoms. The normalized spacial score (nSPS) is 11.2. The fourth-order valence-corrected chi connectivity index (χ4v) is 3.17. The lowest BCUT2D eigenvalue weighted by Gasteiger charge is -2.10. The summed E-state index contributed by atoms with van der Waals surface area (Å²) in [6.45, 7) is 0. The van der Waals surface area contributed by atoms with E-state index in [-0.39, 0.29) is 5.56 Å². The Labute approximate surface area is 170 Å². The molecule has 0 spiro atoms. The number of para-hydroxylation sites is 2. The Hall–Kier alpha value is -3.25. The predicted molar refractivity (Wildman–Crippen MR) is 115 cm³/mol. The van der Waals surface area contributed by atoms with Crippen molar-refractivity contribution in [3.63, 3.8) is 0 Å². The van der Waals surface area contributed by atoms with Crippen LogP contribution in [0.4, 0.5) is 0 Å². The molecule has 6 heteroatoms. The van der Waals surface area contributed by atoms with E-state index >= 15 is 0 Å². The van der Waals surface area contributed by atoms with Crippen molar-refractivity contribution in [3.05, 3.63) is 93.2 Å². The maximum Gasteiger partial charge on any atom is 0.282 e. The first-order valence-corrected chi connectivity index (χ1v) is 9.42. The summed E-state index contributed by atoms with van der Waals surface area (Å²) in [4.78, 5) is 17.8. The zero-order chi connectivity index (χ0) is 19.5. The van der Waals surface area contributed by atoms with Crippen molar-refractivity contribution < 1.29 is 4.74 Å². The molecular weight excluding hydrogens is 418 g/mol. The summed E-state index contributed by atoms with van der Waals surface area (Å²) in [6.07, 6.45) is 1.61. The lowest BCUT2D eigenvalue weighted by molar-refractivity contribution is 0.414. The smallest absolute Gasteiger partial charge is 0.282 e. The number of nitrogens with zero attached hydrogens (tertiary/aromatic N) is 3. The Morgan fingerprint density at radius 1 is 1.00 bits per heavy atom. The number of hydrogen-bond donors (Lipinski definition) is 0. The Kier molecular flexibility index (Phi) is 5.04. The number of aromatic nitrogens is 2. The maximum atomic E-state index is 13.1. The van der Waals surface area contributed by atoms with Gasteiger partial charge in [0.05, 0.1) is 24.2 Å². The molecular formula is C22H16BrN3O2. The van der Waals surface area contributed by atoms with Crippen LogP contribution in [0.2, 0.25) is 0 Å². The molecule has 0 fully saturated rings. The van der Waals surface area contributed by atoms with Crippen molar-refractivity contribution in [2.24, 2.45) is 5.10 Å². The first-order valence-electron chi connectivity index (χ1n) is 8.62. The molecule has 0 unspecified atom stereocenters. The van der Waals surface area contributed by atoms with E-state index in [1.165, 1.54) is 4.68 Å². The molecule has 0 atom stereocenters. The van der Waals surface area contributed by atoms with Gasteiger partial charge in [0.2, 0.25) is 0 Å². The quantitative estimate of drug-likeness (QED) is 0.437. The first-order chi connectivity index (χ1) is 13.7. The van der Waals surface area contributed by atoms with Gasteiger partial charge in [-0.05, 0) is 36.4 Å². The summed E-state index contributed by atoms with van der Waals surface area (Å²) in [6, 6.07) is 22.4. The molecule has 0 saturated carbocycles. The second-order valence-corrected chi connectivity index (χ2v) is 6.98. The predicted octanol–water partition coefficient (Wildman–Crippen LogP) is 4.72. The van der Waals surface area contributed by atoms with Crippen LogP contribution in [0.25, 0.3) is 22.3 Å². The number of ether oxygens (including phenoxy) is 1. The number of benzene rings is 3. The second-order valence-electron chi connectivity index (χ2n) is 6.06. The second kappa shape index (κ2) is 7.78. The summed E-state index contributed by atoms with van der Waals surface area (Å²) in [5.74, 6) is 1.15. The Morgan fingerprint density at radius 3 is 2.50 bits per heavy atom. The molecule has 138 valence electrons. The minimum Gasteiger partial charge on any atom is -0.496 e. The molecule has 0 aliphatic carbocycles. The summed E-state index contributed by atoms with van der Waals surface area (Å²) in [7, 11) is 1.60. The van der Waals surface area contributed by atoms with Crippen LogP contribution in [0.1, 0.15) is 5.56 Å². The van der Waals surface area contributed by atoms with E-state index in [1.807, 2.05) is 66.7 Å². The third-order valence-electron chi connectivity index (χ3n) is 4.31. The molecule has 0 aliphatic heterocycles. The summed E-state index contributed by atoms with van der Waals surface area (Å²) >= 11 is 3.44. The van der Waals surface area contributed by atoms with Crippen molar-refractivity contribution in [2.75, 3.05) is 7.11 Å². The van der Waals surface area contributed by atoms with Gasteiger partial charge < -0.3 is 4.74 Å². The van der Waals surface area contributed by atoms with Gasteiger partial charge in [0.25, 0.3) is 5.56 Å². The molecule has 0 N–H and O–H groups in total. The minimum absolute atomic E-state index is 0.227. The van der Waals surface area contributed by atoms with E-state index in [4.69, 9.17) is 9.72 Å². The van der Waals surface area contributed by atoms with E-state index < -0.39 is 0 Å². The molecule has 1 heterocycles. The van der Waals surface area contributed by atoms with Gasteiger partial charge in [0, 0.05) is 15.6 Å². The highest BCUT2D eigenvalue weighted by Crippen LogP contribution is 2.22. The molecule has 5 nitrogen and oxygen atoms in total. The van der Waals surface area contributed by atoms with Crippen LogP contribution < -0.4 is 10.3 Å². The van der Waals surface area contributed by atoms with Crippen molar-refractivity contribution in [1.29, 1.82) is 0 Å². The third-order valence-corrected chi connectivity index (χ3v) is 4.84. The average molecular weight is 434 g/mol. The van der Waals surface area contributed by atoms with Crippen LogP contribution >= 0.6 is 15.9 Å². The van der Waals surface area contributed by atoms with E-state index in [0.29, 0.717) is 22.5 Å². The van der Waals surface area contributed by atoms with Gasteiger partial charge in [0.1, 0.15) is 5.75 Å². The van der Waals surface area contributed by atoms with Crippen LogP contribution in [-0.4, -0.2) is 23.0 Å². The summed E-state index contributed by atoms with van der Waals surface area (Å²) < 4.78 is 7.64. The first kappa shape index (κ1) is 18.1. The standard InChI is InChI=1S/C22H16BrN3O2/c1-28-20-9-5-2-6-16(20)14-24-26-21(15-10-12-17(23)13-11-15)25-19-8-4-3-7-18(19)22(26)27/h2-14H,1H3/b24-14+. The van der Waals surface area contributed by atoms with E-state index in [0.717, 1.165) is 15.6 Å². The van der Waals surface area contributed by atoms with Gasteiger partial charge in [-0.25, -0.2) is 4.98 Å². The molecule has 0 amide bonds. The fourth-order valence-electron chi connectivity index (χ4n) is 2.91. The highest BCUT2D eigenvalue weighted by Gasteiger charge is 2.12. The van der Waals surface area contributed by atoms with Gasteiger partial charge in [-0.15, -0.1) is 0 Å². The van der Waals surface area contributed by atoms with Crippen molar-refractivity contribution in [3.8, 4) is 17.1 Å². The topological polar surface area (TPSA) is 56.5 Å². The number of hydrogen-bond acceptors (Lipinski definition) is 4. The lowest BCUT2D eigenvalue weighted by atomic mass is 10.2. The molecule has 0 aliphatic rings. The zero-order valence-electron chi connectivity index (χ0n) is 15.0. The SMILES string of the molecule is COc1ccccc1/C=N/n1c(-c2ccc(Br)cc2)nc2ccccc2c1=O. The van der Waals surface area contributed by atoms with Crippen molar-refractivity contribution in [1.82, 2.24) is 9.66 Å². The highest BCUT2D eigenvalue weighted by molar-refractivity contribution is 9.10. The Bertz CT molecular complexity index is 1230. The monoisotopic (exact) mass is 433 g/mol. The maximum absolute atomic E-state index is 13.1. The molecule has 0 saturated heterocycles. The van der Waals surface area contributed by atoms with Gasteiger partial charge >= 0.3 is 0 Å². The summed E-state index contributed by atoms with van der Waals surface area (Å²) in [5, 5.41) is 4.97. The largest absolute Gasteiger partial charge is 0.496 e. The lowest BCUT2D eigenvalue weighted by Crippen LogP contribution is -2.20. The van der Waals surface area contributed by atoms with E-state index in [2.05, 4.69) is 21.0 Å². The third kappa shape index (κ3) is 3.46. The number of halogens is 1. The van der Waals surface area contributed by atoms with Gasteiger partial charge in [-0.2, -0.15) is 9.78 Å². The highest BCUT2D eigenvalue weighted by atomic mass is 79.9. The molecule has 0 bridgehead atoms. The fraction of sp³-hybridized carbons (Fsp3) is 0.0455. The van der Waals surface area contributed by atoms with Crippen LogP contribution in [0, 0.1) is 0 Å². The van der Waals surface area contributed by atoms with Gasteiger partial charge in [-0.3, -0.25) is 4.79 Å². The van der Waals surface area contributed by atoms with Crippen LogP contribution in [-0.2, 0) is 0 Å². The molecule has 1 aromatic heterocycles. The summed E-state index contributed by atoms with van der Waals surface area (Å²) in [5.41, 5.74) is 1.97. The zero-order valence-corrected chi connectivity index (χ0v) is 16.6. The van der Waals surface area contributed by atoms with Crippen molar-refractivity contribution in [2.45, 2.75) is 0 Å². The van der Waals surface area contributed by atoms with Crippen LogP contribution in [0.3, 0.4) is 0 Å². The van der Waals surface area contributed by atoms with E-state index in [1.54, 1.807) is 19.4 Å². The number of rotatable bonds is 4. The number of methoxy groups -OCH3 is 1. The Balaban J connectivity index is 1.94. The number of fused-ring (bicyclic) bond motifs is 1. The van der Waals surface area contributed by atoms with Gasteiger partial charge in [0.15, 0.2) is 5.82 Å². The van der Waals surface area contributed by atoms with Crippen molar-refractivity contribution >= 4 is 33.0 Å². The van der Waals surface area contributed by atoms with Crippen LogP contribution in [0.15, 0.2) is 87.2 Å². The Morgan fingerprint density at radius 2 is 1.71 bits per heavy atom. The van der Waals surface area contributed by atoms with Crippen LogP contribution in [0.5, 0.6) is 5.75 Å². The molecule has 3 aromatic carbocycles.